The number of esters is 1. The lowest BCUT2D eigenvalue weighted by atomic mass is 9.92. The largest absolute Gasteiger partial charge is 0.469 e. The number of carbonyl (C=O) groups excluding carboxylic acids is 2. The maximum absolute atomic E-state index is 12.9. The van der Waals surface area contributed by atoms with Gasteiger partial charge in [-0.1, -0.05) is 24.3 Å². The van der Waals surface area contributed by atoms with Crippen LogP contribution in [-0.4, -0.2) is 40.4 Å². The van der Waals surface area contributed by atoms with Gasteiger partial charge in [0, 0.05) is 35.2 Å². The van der Waals surface area contributed by atoms with E-state index in [9.17, 15) is 9.59 Å². The molecule has 8 heteroatoms. The van der Waals surface area contributed by atoms with Gasteiger partial charge in [0.25, 0.3) is 5.91 Å². The van der Waals surface area contributed by atoms with Crippen LogP contribution in [0.25, 0.3) is 5.69 Å². The van der Waals surface area contributed by atoms with E-state index in [0.29, 0.717) is 17.5 Å². The highest BCUT2D eigenvalue weighted by Gasteiger charge is 2.28. The average Bonchev–Trinajstić information content (AvgIpc) is 3.32. The van der Waals surface area contributed by atoms with Crippen LogP contribution < -0.4 is 11.1 Å². The molecule has 160 valence electrons. The van der Waals surface area contributed by atoms with Gasteiger partial charge < -0.3 is 20.4 Å². The molecule has 4 N–H and O–H groups in total. The molecule has 2 aromatic carbocycles. The van der Waals surface area contributed by atoms with Crippen molar-refractivity contribution in [2.75, 3.05) is 7.11 Å². The van der Waals surface area contributed by atoms with Crippen molar-refractivity contribution in [3.05, 3.63) is 83.9 Å². The van der Waals surface area contributed by atoms with Gasteiger partial charge >= 0.3 is 5.97 Å². The zero-order valence-electron chi connectivity index (χ0n) is 17.4. The molecule has 0 saturated carbocycles. The van der Waals surface area contributed by atoms with Crippen LogP contribution in [0.5, 0.6) is 0 Å². The van der Waals surface area contributed by atoms with E-state index in [1.54, 1.807) is 66.6 Å². The van der Waals surface area contributed by atoms with Gasteiger partial charge in [-0.05, 0) is 43.2 Å². The van der Waals surface area contributed by atoms with Crippen LogP contribution in [0.1, 0.15) is 28.4 Å². The quantitative estimate of drug-likeness (QED) is 0.294. The molecule has 0 aliphatic heterocycles. The number of ether oxygens (including phenoxy) is 1. The molecule has 0 bridgehead atoms. The van der Waals surface area contributed by atoms with Crippen LogP contribution in [0.15, 0.2) is 67.3 Å². The number of imidazole rings is 1. The maximum Gasteiger partial charge on any atom is 0.311 e. The lowest BCUT2D eigenvalue weighted by Gasteiger charge is -2.23. The second kappa shape index (κ2) is 9.71. The predicted molar refractivity (Wildman–Crippen MR) is 117 cm³/mol. The minimum Gasteiger partial charge on any atom is -0.469 e. The number of nitrogens with two attached hydrogens (primary N) is 1. The molecular formula is C23H25N5O3. The van der Waals surface area contributed by atoms with Gasteiger partial charge in [0.2, 0.25) is 0 Å². The standard InChI is InChI=1S/C23H25N5O3/c1-15(20(23(30)31-2)12-16-5-3-6-17(11-16)21(24)25)27-22(29)18-7-4-8-19(13-18)28-10-9-26-14-28/h3-11,13-15,20H,12H2,1-2H3,(H3,24,25)(H,27,29). The van der Waals surface area contributed by atoms with Crippen molar-refractivity contribution in [1.29, 1.82) is 5.41 Å². The van der Waals surface area contributed by atoms with Crippen molar-refractivity contribution in [1.82, 2.24) is 14.9 Å². The molecule has 8 nitrogen and oxygen atoms in total. The Bertz CT molecular complexity index is 1080. The molecule has 0 spiro atoms. The number of nitrogen functional groups attached to an aromatic ring is 1. The topological polar surface area (TPSA) is 123 Å². The summed E-state index contributed by atoms with van der Waals surface area (Å²) in [4.78, 5) is 29.3. The van der Waals surface area contributed by atoms with Gasteiger partial charge in [0.1, 0.15) is 5.84 Å². The summed E-state index contributed by atoms with van der Waals surface area (Å²) in [6, 6.07) is 13.8. The number of nitrogens with one attached hydrogen (secondary N) is 2. The number of methoxy groups -OCH3 is 1. The third-order valence-electron chi connectivity index (χ3n) is 5.07. The molecule has 1 amide bonds. The molecular weight excluding hydrogens is 394 g/mol. The highest BCUT2D eigenvalue weighted by molar-refractivity contribution is 5.95. The lowest BCUT2D eigenvalue weighted by molar-refractivity contribution is -0.146. The van der Waals surface area contributed by atoms with Gasteiger partial charge in [-0.2, -0.15) is 0 Å². The van der Waals surface area contributed by atoms with Crippen LogP contribution in [0, 0.1) is 11.3 Å². The number of hydrogen-bond acceptors (Lipinski definition) is 5. The number of carbonyl (C=O) groups is 2. The first-order chi connectivity index (χ1) is 14.9. The van der Waals surface area contributed by atoms with Gasteiger partial charge in [0.15, 0.2) is 0 Å². The summed E-state index contributed by atoms with van der Waals surface area (Å²) in [7, 11) is 1.32. The number of rotatable bonds is 8. The van der Waals surface area contributed by atoms with E-state index in [0.717, 1.165) is 11.3 Å². The van der Waals surface area contributed by atoms with Crippen LogP contribution in [0.3, 0.4) is 0 Å². The Balaban J connectivity index is 1.76. The molecule has 3 rings (SSSR count). The molecule has 2 unspecified atom stereocenters. The predicted octanol–water partition coefficient (Wildman–Crippen LogP) is 2.31. The van der Waals surface area contributed by atoms with Crippen LogP contribution in [-0.2, 0) is 16.0 Å². The van der Waals surface area contributed by atoms with Crippen molar-refractivity contribution in [3.63, 3.8) is 0 Å². The summed E-state index contributed by atoms with van der Waals surface area (Å²) in [5.74, 6) is -1.36. The Kier molecular flexibility index (Phi) is 6.81. The monoisotopic (exact) mass is 419 g/mol. The summed E-state index contributed by atoms with van der Waals surface area (Å²) in [6.07, 6.45) is 5.45. The van der Waals surface area contributed by atoms with Gasteiger partial charge in [-0.3, -0.25) is 15.0 Å². The summed E-state index contributed by atoms with van der Waals surface area (Å²) in [6.45, 7) is 1.77. The third kappa shape index (κ3) is 5.36. The first-order valence-corrected chi connectivity index (χ1v) is 9.79. The van der Waals surface area contributed by atoms with Crippen LogP contribution in [0.2, 0.25) is 0 Å². The second-order valence-corrected chi connectivity index (χ2v) is 7.23. The van der Waals surface area contributed by atoms with Crippen molar-refractivity contribution in [2.45, 2.75) is 19.4 Å². The number of amidine groups is 1. The van der Waals surface area contributed by atoms with Gasteiger partial charge in [-0.25, -0.2) is 4.98 Å². The molecule has 3 aromatic rings. The first-order valence-electron chi connectivity index (χ1n) is 9.79. The molecule has 1 heterocycles. The van der Waals surface area contributed by atoms with E-state index in [4.69, 9.17) is 15.9 Å². The molecule has 1 aromatic heterocycles. The van der Waals surface area contributed by atoms with Crippen LogP contribution in [0.4, 0.5) is 0 Å². The fraction of sp³-hybridized carbons (Fsp3) is 0.217. The SMILES string of the molecule is COC(=O)C(Cc1cccc(C(=N)N)c1)C(C)NC(=O)c1cccc(-n2ccnc2)c1. The Morgan fingerprint density at radius 1 is 1.19 bits per heavy atom. The first kappa shape index (κ1) is 21.8. The minimum absolute atomic E-state index is 0.0457. The number of nitrogens with zero attached hydrogens (tertiary/aromatic N) is 2. The zero-order chi connectivity index (χ0) is 22.4. The average molecular weight is 419 g/mol. The second-order valence-electron chi connectivity index (χ2n) is 7.23. The number of amides is 1. The lowest BCUT2D eigenvalue weighted by Crippen LogP contribution is -2.42. The fourth-order valence-corrected chi connectivity index (χ4v) is 3.35. The summed E-state index contributed by atoms with van der Waals surface area (Å²) in [5.41, 5.74) is 8.25. The molecule has 0 fully saturated rings. The minimum atomic E-state index is -0.604. The Morgan fingerprint density at radius 3 is 2.61 bits per heavy atom. The smallest absolute Gasteiger partial charge is 0.311 e. The van der Waals surface area contributed by atoms with Crippen molar-refractivity contribution >= 4 is 17.7 Å². The third-order valence-corrected chi connectivity index (χ3v) is 5.07. The number of hydrogen-bond donors (Lipinski definition) is 3. The van der Waals surface area contributed by atoms with E-state index in [1.165, 1.54) is 7.11 Å². The summed E-state index contributed by atoms with van der Waals surface area (Å²) in [5, 5.41) is 10.5. The highest BCUT2D eigenvalue weighted by Crippen LogP contribution is 2.17. The van der Waals surface area contributed by atoms with E-state index >= 15 is 0 Å². The van der Waals surface area contributed by atoms with E-state index in [1.807, 2.05) is 12.1 Å². The van der Waals surface area contributed by atoms with Crippen molar-refractivity contribution in [2.24, 2.45) is 11.7 Å². The summed E-state index contributed by atoms with van der Waals surface area (Å²) >= 11 is 0. The molecule has 2 atom stereocenters. The summed E-state index contributed by atoms with van der Waals surface area (Å²) < 4.78 is 6.78. The maximum atomic E-state index is 12.9. The molecule has 31 heavy (non-hydrogen) atoms. The Labute approximate surface area is 180 Å². The normalized spacial score (nSPS) is 12.6. The van der Waals surface area contributed by atoms with E-state index in [-0.39, 0.29) is 11.7 Å². The van der Waals surface area contributed by atoms with E-state index < -0.39 is 17.9 Å². The fourth-order valence-electron chi connectivity index (χ4n) is 3.35. The van der Waals surface area contributed by atoms with Crippen LogP contribution >= 0.6 is 0 Å². The highest BCUT2D eigenvalue weighted by atomic mass is 16.5. The molecule has 0 saturated heterocycles. The molecule has 0 aliphatic rings. The molecule has 0 radical (unpaired) electrons. The number of benzene rings is 2. The van der Waals surface area contributed by atoms with Crippen molar-refractivity contribution < 1.29 is 14.3 Å². The van der Waals surface area contributed by atoms with Gasteiger partial charge in [-0.15, -0.1) is 0 Å². The Morgan fingerprint density at radius 2 is 1.94 bits per heavy atom. The van der Waals surface area contributed by atoms with E-state index in [2.05, 4.69) is 10.3 Å². The van der Waals surface area contributed by atoms with Crippen molar-refractivity contribution in [3.8, 4) is 5.69 Å². The number of aromatic nitrogens is 2. The van der Waals surface area contributed by atoms with Gasteiger partial charge in [0.05, 0.1) is 19.4 Å². The zero-order valence-corrected chi connectivity index (χ0v) is 17.4. The Hall–Kier alpha value is -3.94. The molecule has 0 aliphatic carbocycles.